The summed E-state index contributed by atoms with van der Waals surface area (Å²) >= 11 is 0. The van der Waals surface area contributed by atoms with Crippen molar-refractivity contribution in [3.8, 4) is 0 Å². The average molecular weight is 437 g/mol. The number of hydrogen-bond acceptors (Lipinski definition) is 1. The molecular formula is C25H28F5N. The van der Waals surface area contributed by atoms with E-state index in [2.05, 4.69) is 5.32 Å². The van der Waals surface area contributed by atoms with E-state index < -0.39 is 11.8 Å². The Kier molecular flexibility index (Phi) is 5.44. The van der Waals surface area contributed by atoms with Crippen LogP contribution < -0.4 is 5.32 Å². The van der Waals surface area contributed by atoms with Gasteiger partial charge in [0, 0.05) is 11.5 Å². The highest BCUT2D eigenvalue weighted by atomic mass is 19.4. The van der Waals surface area contributed by atoms with Crippen LogP contribution in [-0.2, 0) is 23.9 Å². The molecule has 0 amide bonds. The molecule has 1 aliphatic carbocycles. The van der Waals surface area contributed by atoms with Gasteiger partial charge in [0.05, 0.1) is 0 Å². The number of hydrogen-bond donors (Lipinski definition) is 1. The van der Waals surface area contributed by atoms with Gasteiger partial charge < -0.3 is 5.32 Å². The van der Waals surface area contributed by atoms with Gasteiger partial charge in [-0.15, -0.1) is 0 Å². The second kappa shape index (κ2) is 7.58. The predicted molar refractivity (Wildman–Crippen MR) is 112 cm³/mol. The van der Waals surface area contributed by atoms with Crippen LogP contribution in [0.3, 0.4) is 0 Å². The Morgan fingerprint density at radius 3 is 2.52 bits per heavy atom. The smallest absolute Gasteiger partial charge is 0.313 e. The molecule has 4 rings (SSSR count). The van der Waals surface area contributed by atoms with Crippen LogP contribution in [0.4, 0.5) is 22.0 Å². The highest BCUT2D eigenvalue weighted by molar-refractivity contribution is 5.46. The van der Waals surface area contributed by atoms with E-state index in [-0.39, 0.29) is 28.8 Å². The Morgan fingerprint density at radius 1 is 1.10 bits per heavy atom. The first-order chi connectivity index (χ1) is 14.5. The Hall–Kier alpha value is -1.95. The van der Waals surface area contributed by atoms with Gasteiger partial charge >= 0.3 is 6.18 Å². The maximum atomic E-state index is 14.6. The fourth-order valence-corrected chi connectivity index (χ4v) is 5.40. The van der Waals surface area contributed by atoms with E-state index in [1.807, 2.05) is 19.9 Å². The maximum Gasteiger partial charge on any atom is 0.426 e. The number of rotatable bonds is 4. The Bertz CT molecular complexity index is 978. The molecular weight excluding hydrogens is 409 g/mol. The summed E-state index contributed by atoms with van der Waals surface area (Å²) in [5, 5.41) is 3.55. The van der Waals surface area contributed by atoms with Crippen molar-refractivity contribution in [1.82, 2.24) is 5.32 Å². The zero-order valence-electron chi connectivity index (χ0n) is 18.0. The third-order valence-corrected chi connectivity index (χ3v) is 7.25. The molecule has 3 unspecified atom stereocenters. The third-order valence-electron chi connectivity index (χ3n) is 7.25. The lowest BCUT2D eigenvalue weighted by molar-refractivity contribution is -0.228. The zero-order valence-corrected chi connectivity index (χ0v) is 18.0. The second-order valence-corrected chi connectivity index (χ2v) is 9.51. The first kappa shape index (κ1) is 22.3. The molecule has 0 radical (unpaired) electrons. The number of nitrogens with one attached hydrogen (secondary N) is 1. The van der Waals surface area contributed by atoms with Gasteiger partial charge in [-0.3, -0.25) is 0 Å². The van der Waals surface area contributed by atoms with Crippen LogP contribution in [0.25, 0.3) is 0 Å². The summed E-state index contributed by atoms with van der Waals surface area (Å²) in [5.41, 5.74) is -0.556. The molecule has 1 aliphatic heterocycles. The van der Waals surface area contributed by atoms with Crippen LogP contribution in [0.2, 0.25) is 0 Å². The number of halogens is 5. The molecule has 168 valence electrons. The summed E-state index contributed by atoms with van der Waals surface area (Å²) in [4.78, 5) is 0. The number of fused-ring (bicyclic) bond motifs is 3. The Balaban J connectivity index is 1.76. The van der Waals surface area contributed by atoms with Crippen LogP contribution >= 0.6 is 0 Å². The Labute approximate surface area is 180 Å². The molecule has 0 saturated carbocycles. The molecule has 31 heavy (non-hydrogen) atoms. The van der Waals surface area contributed by atoms with Crippen LogP contribution in [-0.4, -0.2) is 18.8 Å². The molecule has 6 heteroatoms. The Morgan fingerprint density at radius 2 is 1.84 bits per heavy atom. The topological polar surface area (TPSA) is 12.0 Å². The molecule has 2 aromatic carbocycles. The summed E-state index contributed by atoms with van der Waals surface area (Å²) in [6, 6.07) is 9.80. The van der Waals surface area contributed by atoms with Gasteiger partial charge in [-0.25, -0.2) is 8.78 Å². The first-order valence-corrected chi connectivity index (χ1v) is 10.9. The van der Waals surface area contributed by atoms with Crippen LogP contribution in [0.1, 0.15) is 67.3 Å². The lowest BCUT2D eigenvalue weighted by Crippen LogP contribution is -2.46. The van der Waals surface area contributed by atoms with Gasteiger partial charge in [0.25, 0.3) is 0 Å². The molecule has 1 heterocycles. The van der Waals surface area contributed by atoms with E-state index in [9.17, 15) is 22.0 Å². The van der Waals surface area contributed by atoms with Gasteiger partial charge in [-0.1, -0.05) is 44.2 Å². The van der Waals surface area contributed by atoms with Gasteiger partial charge in [0.15, 0.2) is 0 Å². The fourth-order valence-electron chi connectivity index (χ4n) is 5.40. The minimum Gasteiger partial charge on any atom is -0.313 e. The number of benzene rings is 2. The normalized spacial score (nSPS) is 25.3. The van der Waals surface area contributed by atoms with Gasteiger partial charge in [-0.2, -0.15) is 13.2 Å². The first-order valence-electron chi connectivity index (χ1n) is 10.9. The highest BCUT2D eigenvalue weighted by Crippen LogP contribution is 2.48. The van der Waals surface area contributed by atoms with E-state index in [1.54, 1.807) is 12.1 Å². The second-order valence-electron chi connectivity index (χ2n) is 9.51. The van der Waals surface area contributed by atoms with Crippen molar-refractivity contribution in [3.63, 3.8) is 0 Å². The van der Waals surface area contributed by atoms with Crippen molar-refractivity contribution < 1.29 is 22.0 Å². The molecule has 3 atom stereocenters. The molecule has 2 aliphatic rings. The molecule has 0 spiro atoms. The standard InChI is InChI=1S/C25H28F5N/c1-15(2)19-12-16(4-8-21(19)26)14-24-10-11-31-22(24)9-5-17-13-18(6-7-20(17)24)23(3,27)25(28,29)30/h4,6-8,12-13,15,22,31H,5,9-11,14H2,1-3H3. The highest BCUT2D eigenvalue weighted by Gasteiger charge is 2.54. The molecule has 1 fully saturated rings. The molecule has 1 N–H and O–H groups in total. The average Bonchev–Trinajstić information content (AvgIpc) is 3.11. The van der Waals surface area contributed by atoms with Crippen molar-refractivity contribution in [2.24, 2.45) is 0 Å². The van der Waals surface area contributed by atoms with E-state index >= 15 is 0 Å². The van der Waals surface area contributed by atoms with Crippen LogP contribution in [0.15, 0.2) is 36.4 Å². The van der Waals surface area contributed by atoms with E-state index in [0.717, 1.165) is 36.1 Å². The molecule has 1 nitrogen and oxygen atoms in total. The van der Waals surface area contributed by atoms with E-state index in [1.165, 1.54) is 18.2 Å². The SMILES string of the molecule is CC(C)c1cc(CC23CCNC2CCc2cc(C(C)(F)C(F)(F)F)ccc23)ccc1F. The third kappa shape index (κ3) is 3.67. The minimum atomic E-state index is -4.97. The quantitative estimate of drug-likeness (QED) is 0.540. The monoisotopic (exact) mass is 437 g/mol. The predicted octanol–water partition coefficient (Wildman–Crippen LogP) is 6.48. The van der Waals surface area contributed by atoms with E-state index in [0.29, 0.717) is 25.3 Å². The summed E-state index contributed by atoms with van der Waals surface area (Å²) < 4.78 is 68.6. The van der Waals surface area contributed by atoms with Crippen LogP contribution in [0.5, 0.6) is 0 Å². The maximum absolute atomic E-state index is 14.6. The van der Waals surface area contributed by atoms with Gasteiger partial charge in [-0.05, 0) is 79.0 Å². The summed E-state index contributed by atoms with van der Waals surface area (Å²) in [7, 11) is 0. The van der Waals surface area contributed by atoms with Crippen LogP contribution in [0, 0.1) is 5.82 Å². The van der Waals surface area contributed by atoms with Crippen molar-refractivity contribution in [1.29, 1.82) is 0 Å². The number of aryl methyl sites for hydroxylation is 1. The lowest BCUT2D eigenvalue weighted by atomic mass is 9.63. The van der Waals surface area contributed by atoms with E-state index in [4.69, 9.17) is 0 Å². The van der Waals surface area contributed by atoms with Gasteiger partial charge in [0.1, 0.15) is 5.82 Å². The molecule has 0 aromatic heterocycles. The zero-order chi connectivity index (χ0) is 22.6. The summed E-state index contributed by atoms with van der Waals surface area (Å²) in [6.07, 6.45) is -2.07. The number of alkyl halides is 4. The fraction of sp³-hybridized carbons (Fsp3) is 0.520. The minimum absolute atomic E-state index is 0.0563. The van der Waals surface area contributed by atoms with Crippen molar-refractivity contribution in [2.75, 3.05) is 6.54 Å². The largest absolute Gasteiger partial charge is 0.426 e. The summed E-state index contributed by atoms with van der Waals surface area (Å²) in [5.74, 6) is -0.166. The summed E-state index contributed by atoms with van der Waals surface area (Å²) in [6.45, 7) is 5.30. The lowest BCUT2D eigenvalue weighted by Gasteiger charge is -2.42. The molecule has 1 saturated heterocycles. The van der Waals surface area contributed by atoms with Gasteiger partial charge in [0.2, 0.25) is 5.67 Å². The van der Waals surface area contributed by atoms with Crippen molar-refractivity contribution >= 4 is 0 Å². The van der Waals surface area contributed by atoms with Crippen molar-refractivity contribution in [3.05, 3.63) is 70.0 Å². The molecule has 2 aromatic rings. The van der Waals surface area contributed by atoms with Crippen molar-refractivity contribution in [2.45, 2.75) is 75.7 Å². The molecule has 0 bridgehead atoms.